The molecule has 3 heteroatoms. The fourth-order valence-corrected chi connectivity index (χ4v) is 2.26. The van der Waals surface area contributed by atoms with Crippen molar-refractivity contribution in [1.82, 2.24) is 0 Å². The number of ether oxygens (including phenoxy) is 1. The molecular weight excluding hydrogens is 272 g/mol. The fraction of sp³-hybridized carbons (Fsp3) is 0.941. The highest BCUT2D eigenvalue weighted by Gasteiger charge is 2.04. The van der Waals surface area contributed by atoms with Crippen molar-refractivity contribution in [3.8, 4) is 0 Å². The van der Waals surface area contributed by atoms with Gasteiger partial charge in [-0.15, -0.1) is 12.4 Å². The normalized spacial score (nSPS) is 10.4. The second-order valence-corrected chi connectivity index (χ2v) is 5.82. The molecular formula is C17H35ClO2. The Labute approximate surface area is 132 Å². The minimum atomic E-state index is -0.0362. The van der Waals surface area contributed by atoms with Gasteiger partial charge in [0.1, 0.15) is 0 Å². The van der Waals surface area contributed by atoms with Gasteiger partial charge in [-0.25, -0.2) is 0 Å². The minimum Gasteiger partial charge on any atom is -0.463 e. The first kappa shape index (κ1) is 22.0. The number of rotatable bonds is 13. The zero-order valence-corrected chi connectivity index (χ0v) is 14.6. The highest BCUT2D eigenvalue weighted by atomic mass is 35.5. The quantitative estimate of drug-likeness (QED) is 0.305. The molecule has 0 atom stereocenters. The summed E-state index contributed by atoms with van der Waals surface area (Å²) in [5, 5.41) is 0. The van der Waals surface area contributed by atoms with Crippen LogP contribution in [-0.4, -0.2) is 12.1 Å². The van der Waals surface area contributed by atoms with Gasteiger partial charge in [0.25, 0.3) is 0 Å². The number of halogens is 1. The molecule has 122 valence electrons. The number of carbonyl (C=O) groups is 1. The fourth-order valence-electron chi connectivity index (χ4n) is 2.26. The summed E-state index contributed by atoms with van der Waals surface area (Å²) in [6.45, 7) is 6.06. The van der Waals surface area contributed by atoms with Gasteiger partial charge in [-0.05, 0) is 20.3 Å². The van der Waals surface area contributed by atoms with Crippen LogP contribution in [0.2, 0.25) is 0 Å². The lowest BCUT2D eigenvalue weighted by Crippen LogP contribution is -2.10. The summed E-state index contributed by atoms with van der Waals surface area (Å²) in [4.78, 5) is 11.3. The third-order valence-corrected chi connectivity index (χ3v) is 3.35. The maximum Gasteiger partial charge on any atom is 0.306 e. The van der Waals surface area contributed by atoms with Crippen molar-refractivity contribution >= 4 is 18.4 Å². The highest BCUT2D eigenvalue weighted by molar-refractivity contribution is 5.85. The Balaban J connectivity index is 0. The van der Waals surface area contributed by atoms with Gasteiger partial charge >= 0.3 is 5.97 Å². The topological polar surface area (TPSA) is 26.3 Å². The smallest absolute Gasteiger partial charge is 0.306 e. The third-order valence-electron chi connectivity index (χ3n) is 3.35. The summed E-state index contributed by atoms with van der Waals surface area (Å²) < 4.78 is 5.10. The SMILES string of the molecule is CCCCCCCCCCCCCC(=O)OC(C)C.Cl. The first-order valence-electron chi connectivity index (χ1n) is 8.36. The molecule has 0 aromatic heterocycles. The molecule has 0 radical (unpaired) electrons. The van der Waals surface area contributed by atoms with Crippen molar-refractivity contribution in [2.45, 2.75) is 104 Å². The van der Waals surface area contributed by atoms with Gasteiger partial charge in [0, 0.05) is 6.42 Å². The summed E-state index contributed by atoms with van der Waals surface area (Å²) in [6.07, 6.45) is 15.1. The highest BCUT2D eigenvalue weighted by Crippen LogP contribution is 2.12. The zero-order chi connectivity index (χ0) is 14.3. The standard InChI is InChI=1S/C17H34O2.ClH/c1-4-5-6-7-8-9-10-11-12-13-14-15-17(18)19-16(2)3;/h16H,4-15H2,1-3H3;1H. The lowest BCUT2D eigenvalue weighted by Gasteiger charge is -2.07. The molecule has 0 N–H and O–H groups in total. The van der Waals surface area contributed by atoms with E-state index < -0.39 is 0 Å². The number of hydrogen-bond donors (Lipinski definition) is 0. The van der Waals surface area contributed by atoms with Crippen molar-refractivity contribution in [1.29, 1.82) is 0 Å². The number of esters is 1. The van der Waals surface area contributed by atoms with Crippen LogP contribution in [-0.2, 0) is 9.53 Å². The molecule has 0 bridgehead atoms. The summed E-state index contributed by atoms with van der Waals surface area (Å²) in [5.74, 6) is -0.0362. The van der Waals surface area contributed by atoms with E-state index in [1.165, 1.54) is 64.2 Å². The van der Waals surface area contributed by atoms with E-state index in [2.05, 4.69) is 6.92 Å². The van der Waals surface area contributed by atoms with Gasteiger partial charge < -0.3 is 4.74 Å². The van der Waals surface area contributed by atoms with Crippen molar-refractivity contribution in [3.05, 3.63) is 0 Å². The van der Waals surface area contributed by atoms with Crippen molar-refractivity contribution in [3.63, 3.8) is 0 Å². The van der Waals surface area contributed by atoms with Gasteiger partial charge in [0.15, 0.2) is 0 Å². The second kappa shape index (κ2) is 16.8. The Kier molecular flexibility index (Phi) is 18.5. The Morgan fingerprint density at radius 2 is 1.20 bits per heavy atom. The van der Waals surface area contributed by atoms with Gasteiger partial charge in [-0.1, -0.05) is 71.1 Å². The molecule has 0 aromatic rings. The molecule has 0 fully saturated rings. The Morgan fingerprint density at radius 3 is 1.60 bits per heavy atom. The monoisotopic (exact) mass is 306 g/mol. The molecule has 2 nitrogen and oxygen atoms in total. The molecule has 0 saturated heterocycles. The van der Waals surface area contributed by atoms with Gasteiger partial charge in [-0.3, -0.25) is 4.79 Å². The molecule has 0 heterocycles. The zero-order valence-electron chi connectivity index (χ0n) is 13.8. The first-order valence-corrected chi connectivity index (χ1v) is 8.36. The van der Waals surface area contributed by atoms with Crippen LogP contribution in [0.25, 0.3) is 0 Å². The van der Waals surface area contributed by atoms with E-state index >= 15 is 0 Å². The Morgan fingerprint density at radius 1 is 0.800 bits per heavy atom. The van der Waals surface area contributed by atoms with Gasteiger partial charge in [0.05, 0.1) is 6.10 Å². The van der Waals surface area contributed by atoms with Crippen LogP contribution in [0.4, 0.5) is 0 Å². The van der Waals surface area contributed by atoms with E-state index in [1.807, 2.05) is 13.8 Å². The predicted molar refractivity (Wildman–Crippen MR) is 89.6 cm³/mol. The molecule has 0 spiro atoms. The van der Waals surface area contributed by atoms with Crippen LogP contribution in [0.1, 0.15) is 97.8 Å². The molecule has 0 aromatic carbocycles. The largest absolute Gasteiger partial charge is 0.463 e. The van der Waals surface area contributed by atoms with E-state index in [0.29, 0.717) is 6.42 Å². The van der Waals surface area contributed by atoms with E-state index in [9.17, 15) is 4.79 Å². The number of carbonyl (C=O) groups excluding carboxylic acids is 1. The van der Waals surface area contributed by atoms with Crippen LogP contribution < -0.4 is 0 Å². The van der Waals surface area contributed by atoms with Crippen LogP contribution in [0.3, 0.4) is 0 Å². The Bertz CT molecular complexity index is 205. The average Bonchev–Trinajstić information content (AvgIpc) is 2.35. The number of hydrogen-bond acceptors (Lipinski definition) is 2. The number of unbranched alkanes of at least 4 members (excludes halogenated alkanes) is 10. The molecule has 0 aliphatic rings. The molecule has 0 rings (SSSR count). The van der Waals surface area contributed by atoms with E-state index in [0.717, 1.165) is 6.42 Å². The summed E-state index contributed by atoms with van der Waals surface area (Å²) >= 11 is 0. The van der Waals surface area contributed by atoms with Crippen LogP contribution >= 0.6 is 12.4 Å². The summed E-state index contributed by atoms with van der Waals surface area (Å²) in [5.41, 5.74) is 0. The lowest BCUT2D eigenvalue weighted by molar-refractivity contribution is -0.147. The van der Waals surface area contributed by atoms with Crippen LogP contribution in [0, 0.1) is 0 Å². The Hall–Kier alpha value is -0.240. The average molecular weight is 307 g/mol. The van der Waals surface area contributed by atoms with Crippen molar-refractivity contribution < 1.29 is 9.53 Å². The van der Waals surface area contributed by atoms with E-state index in [4.69, 9.17) is 4.74 Å². The first-order chi connectivity index (χ1) is 9.16. The summed E-state index contributed by atoms with van der Waals surface area (Å²) in [7, 11) is 0. The van der Waals surface area contributed by atoms with Gasteiger partial charge in [0.2, 0.25) is 0 Å². The van der Waals surface area contributed by atoms with Crippen LogP contribution in [0.5, 0.6) is 0 Å². The second-order valence-electron chi connectivity index (χ2n) is 5.82. The summed E-state index contributed by atoms with van der Waals surface area (Å²) in [6, 6.07) is 0. The predicted octanol–water partition coefficient (Wildman–Crippen LogP) is 6.06. The van der Waals surface area contributed by atoms with Gasteiger partial charge in [-0.2, -0.15) is 0 Å². The molecule has 0 saturated carbocycles. The molecule has 0 amide bonds. The minimum absolute atomic E-state index is 0. The molecule has 0 aliphatic heterocycles. The maximum atomic E-state index is 11.3. The third kappa shape index (κ3) is 17.8. The molecule has 0 aliphatic carbocycles. The molecule has 0 unspecified atom stereocenters. The van der Waals surface area contributed by atoms with Crippen molar-refractivity contribution in [2.75, 3.05) is 0 Å². The maximum absolute atomic E-state index is 11.3. The van der Waals surface area contributed by atoms with E-state index in [-0.39, 0.29) is 24.5 Å². The molecule has 20 heavy (non-hydrogen) atoms. The van der Waals surface area contributed by atoms with E-state index in [1.54, 1.807) is 0 Å². The van der Waals surface area contributed by atoms with Crippen molar-refractivity contribution in [2.24, 2.45) is 0 Å². The lowest BCUT2D eigenvalue weighted by atomic mass is 10.1. The van der Waals surface area contributed by atoms with Crippen LogP contribution in [0.15, 0.2) is 0 Å².